The Labute approximate surface area is 153 Å². The van der Waals surface area contributed by atoms with Crippen LogP contribution >= 0.6 is 11.6 Å². The van der Waals surface area contributed by atoms with Crippen LogP contribution in [0.2, 0.25) is 5.02 Å². The lowest BCUT2D eigenvalue weighted by Gasteiger charge is -2.27. The number of rotatable bonds is 6. The quantitative estimate of drug-likeness (QED) is 0.813. The van der Waals surface area contributed by atoms with Crippen molar-refractivity contribution in [3.8, 4) is 11.5 Å². The molecule has 0 unspecified atom stereocenters. The number of urea groups is 1. The van der Waals surface area contributed by atoms with E-state index in [2.05, 4.69) is 10.6 Å². The molecule has 25 heavy (non-hydrogen) atoms. The van der Waals surface area contributed by atoms with Gasteiger partial charge >= 0.3 is 6.03 Å². The van der Waals surface area contributed by atoms with Gasteiger partial charge in [0.15, 0.2) is 11.5 Å². The van der Waals surface area contributed by atoms with E-state index in [-0.39, 0.29) is 6.03 Å². The number of nitrogens with one attached hydrogen (secondary N) is 2. The Morgan fingerprint density at radius 1 is 1.04 bits per heavy atom. The van der Waals surface area contributed by atoms with Gasteiger partial charge < -0.3 is 20.1 Å². The van der Waals surface area contributed by atoms with Gasteiger partial charge in [-0.15, -0.1) is 0 Å². The maximum absolute atomic E-state index is 12.2. The van der Waals surface area contributed by atoms with E-state index in [9.17, 15) is 4.79 Å². The van der Waals surface area contributed by atoms with Gasteiger partial charge in [-0.2, -0.15) is 0 Å². The van der Waals surface area contributed by atoms with Gasteiger partial charge in [0.2, 0.25) is 0 Å². The molecule has 0 aliphatic rings. The van der Waals surface area contributed by atoms with Gasteiger partial charge in [0.05, 0.1) is 19.8 Å². The van der Waals surface area contributed by atoms with Crippen LogP contribution in [0.15, 0.2) is 42.5 Å². The summed E-state index contributed by atoms with van der Waals surface area (Å²) in [4.78, 5) is 12.2. The van der Waals surface area contributed by atoms with Crippen molar-refractivity contribution in [1.82, 2.24) is 10.6 Å². The van der Waals surface area contributed by atoms with E-state index >= 15 is 0 Å². The number of hydrogen-bond donors (Lipinski definition) is 2. The molecule has 0 aromatic heterocycles. The van der Waals surface area contributed by atoms with Crippen LogP contribution in [0, 0.1) is 0 Å². The van der Waals surface area contributed by atoms with Gasteiger partial charge in [0.1, 0.15) is 0 Å². The number of hydrogen-bond acceptors (Lipinski definition) is 3. The third-order valence-corrected chi connectivity index (χ3v) is 4.15. The summed E-state index contributed by atoms with van der Waals surface area (Å²) in [6.07, 6.45) is 0. The minimum Gasteiger partial charge on any atom is -0.493 e. The van der Waals surface area contributed by atoms with Crippen molar-refractivity contribution in [2.24, 2.45) is 0 Å². The fraction of sp³-hybridized carbons (Fsp3) is 0.316. The zero-order chi connectivity index (χ0) is 18.4. The van der Waals surface area contributed by atoms with Crippen LogP contribution in [0.25, 0.3) is 0 Å². The van der Waals surface area contributed by atoms with Gasteiger partial charge in [-0.05, 0) is 49.2 Å². The molecule has 0 fully saturated rings. The molecule has 0 atom stereocenters. The van der Waals surface area contributed by atoms with E-state index in [1.165, 1.54) is 0 Å². The van der Waals surface area contributed by atoms with Crippen LogP contribution in [0.3, 0.4) is 0 Å². The summed E-state index contributed by atoms with van der Waals surface area (Å²) < 4.78 is 10.6. The molecular formula is C19H23ClN2O3. The molecule has 0 saturated heterocycles. The highest BCUT2D eigenvalue weighted by Crippen LogP contribution is 2.32. The molecule has 2 amide bonds. The average molecular weight is 363 g/mol. The monoisotopic (exact) mass is 362 g/mol. The second-order valence-corrected chi connectivity index (χ2v) is 6.57. The van der Waals surface area contributed by atoms with Crippen molar-refractivity contribution in [3.63, 3.8) is 0 Å². The summed E-state index contributed by atoms with van der Waals surface area (Å²) in [6, 6.07) is 12.7. The highest BCUT2D eigenvalue weighted by molar-refractivity contribution is 6.30. The van der Waals surface area contributed by atoms with Crippen molar-refractivity contribution >= 4 is 17.6 Å². The Hall–Kier alpha value is -2.40. The van der Waals surface area contributed by atoms with Crippen molar-refractivity contribution in [1.29, 1.82) is 0 Å². The smallest absolute Gasteiger partial charge is 0.315 e. The number of benzene rings is 2. The van der Waals surface area contributed by atoms with Crippen molar-refractivity contribution in [3.05, 3.63) is 58.6 Å². The molecule has 2 aromatic rings. The average Bonchev–Trinajstić information content (AvgIpc) is 2.60. The van der Waals surface area contributed by atoms with Gasteiger partial charge in [-0.25, -0.2) is 4.79 Å². The molecule has 2 aromatic carbocycles. The molecule has 0 aliphatic carbocycles. The predicted octanol–water partition coefficient (Wildman–Crippen LogP) is 4.09. The predicted molar refractivity (Wildman–Crippen MR) is 99.4 cm³/mol. The largest absolute Gasteiger partial charge is 0.493 e. The highest BCUT2D eigenvalue weighted by Gasteiger charge is 2.24. The molecule has 134 valence electrons. The Bertz CT molecular complexity index is 730. The summed E-state index contributed by atoms with van der Waals surface area (Å²) in [5.74, 6) is 1.27. The number of amides is 2. The fourth-order valence-corrected chi connectivity index (χ4v) is 2.54. The lowest BCUT2D eigenvalue weighted by atomic mass is 9.94. The number of ether oxygens (including phenoxy) is 2. The summed E-state index contributed by atoms with van der Waals surface area (Å²) in [7, 11) is 3.17. The van der Waals surface area contributed by atoms with Gasteiger partial charge in [0, 0.05) is 11.6 Å². The molecule has 6 heteroatoms. The summed E-state index contributed by atoms with van der Waals surface area (Å²) in [5.41, 5.74) is 1.30. The first-order valence-corrected chi connectivity index (χ1v) is 8.26. The third-order valence-electron chi connectivity index (χ3n) is 3.90. The van der Waals surface area contributed by atoms with Crippen LogP contribution in [0.4, 0.5) is 4.79 Å². The van der Waals surface area contributed by atoms with Crippen LogP contribution in [-0.4, -0.2) is 20.3 Å². The molecule has 2 rings (SSSR count). The second kappa shape index (κ2) is 8.12. The number of methoxy groups -OCH3 is 2. The number of carbonyl (C=O) groups excluding carboxylic acids is 1. The Morgan fingerprint density at radius 3 is 2.28 bits per heavy atom. The summed E-state index contributed by atoms with van der Waals surface area (Å²) >= 11 is 5.86. The SMILES string of the molecule is COc1ccc(C(C)(C)NC(=O)NCc2ccc(Cl)cc2)cc1OC. The van der Waals surface area contributed by atoms with Gasteiger partial charge in [-0.3, -0.25) is 0 Å². The first-order chi connectivity index (χ1) is 11.9. The fourth-order valence-electron chi connectivity index (χ4n) is 2.41. The molecule has 0 radical (unpaired) electrons. The molecule has 5 nitrogen and oxygen atoms in total. The Morgan fingerprint density at radius 2 is 1.68 bits per heavy atom. The lowest BCUT2D eigenvalue weighted by Crippen LogP contribution is -2.46. The minimum atomic E-state index is -0.580. The molecular weight excluding hydrogens is 340 g/mol. The maximum atomic E-state index is 12.2. The van der Waals surface area contributed by atoms with Gasteiger partial charge in [-0.1, -0.05) is 29.8 Å². The first kappa shape index (κ1) is 18.9. The zero-order valence-electron chi connectivity index (χ0n) is 14.9. The minimum absolute atomic E-state index is 0.255. The first-order valence-electron chi connectivity index (χ1n) is 7.88. The van der Waals surface area contributed by atoms with Crippen molar-refractivity contribution < 1.29 is 14.3 Å². The zero-order valence-corrected chi connectivity index (χ0v) is 15.6. The molecule has 0 bridgehead atoms. The van der Waals surface area contributed by atoms with Crippen LogP contribution < -0.4 is 20.1 Å². The normalized spacial score (nSPS) is 10.9. The van der Waals surface area contributed by atoms with Crippen LogP contribution in [-0.2, 0) is 12.1 Å². The Kier molecular flexibility index (Phi) is 6.15. The van der Waals surface area contributed by atoms with Crippen molar-refractivity contribution in [2.45, 2.75) is 25.9 Å². The van der Waals surface area contributed by atoms with E-state index in [4.69, 9.17) is 21.1 Å². The van der Waals surface area contributed by atoms with E-state index in [1.54, 1.807) is 26.4 Å². The second-order valence-electron chi connectivity index (χ2n) is 6.13. The lowest BCUT2D eigenvalue weighted by molar-refractivity contribution is 0.229. The molecule has 0 heterocycles. The molecule has 0 spiro atoms. The van der Waals surface area contributed by atoms with Crippen LogP contribution in [0.1, 0.15) is 25.0 Å². The van der Waals surface area contributed by atoms with Crippen LogP contribution in [0.5, 0.6) is 11.5 Å². The van der Waals surface area contributed by atoms with E-state index in [0.717, 1.165) is 11.1 Å². The maximum Gasteiger partial charge on any atom is 0.315 e. The molecule has 2 N–H and O–H groups in total. The Balaban J connectivity index is 2.01. The molecule has 0 aliphatic heterocycles. The highest BCUT2D eigenvalue weighted by atomic mass is 35.5. The number of carbonyl (C=O) groups is 1. The third kappa shape index (κ3) is 5.03. The summed E-state index contributed by atoms with van der Waals surface area (Å²) in [6.45, 7) is 4.28. The topological polar surface area (TPSA) is 59.6 Å². The van der Waals surface area contributed by atoms with E-state index in [1.807, 2.05) is 44.2 Å². The van der Waals surface area contributed by atoms with Gasteiger partial charge in [0.25, 0.3) is 0 Å². The standard InChI is InChI=1S/C19H23ClN2O3/c1-19(2,14-7-10-16(24-3)17(11-14)25-4)22-18(23)21-12-13-5-8-15(20)9-6-13/h5-11H,12H2,1-4H3,(H2,21,22,23). The van der Waals surface area contributed by atoms with Crippen molar-refractivity contribution in [2.75, 3.05) is 14.2 Å². The van der Waals surface area contributed by atoms with E-state index in [0.29, 0.717) is 23.1 Å². The van der Waals surface area contributed by atoms with E-state index < -0.39 is 5.54 Å². The summed E-state index contributed by atoms with van der Waals surface area (Å²) in [5, 5.41) is 6.49. The number of halogens is 1. The molecule has 0 saturated carbocycles.